The molecular weight excluding hydrogens is 298 g/mol. The molecule has 1 aliphatic rings. The number of fused-ring (bicyclic) bond motifs is 1. The van der Waals surface area contributed by atoms with Crippen LogP contribution in [0.1, 0.15) is 42.4 Å². The lowest BCUT2D eigenvalue weighted by atomic mass is 10.0. The summed E-state index contributed by atoms with van der Waals surface area (Å²) in [4.78, 5) is 14.5. The van der Waals surface area contributed by atoms with Crippen molar-refractivity contribution in [1.29, 1.82) is 0 Å². The van der Waals surface area contributed by atoms with Crippen molar-refractivity contribution in [3.05, 3.63) is 65.2 Å². The van der Waals surface area contributed by atoms with E-state index < -0.39 is 17.8 Å². The second-order valence-electron chi connectivity index (χ2n) is 5.73. The molecule has 0 bridgehead atoms. The zero-order valence-electron chi connectivity index (χ0n) is 13.0. The molecule has 0 saturated carbocycles. The van der Waals surface area contributed by atoms with Crippen LogP contribution in [0.4, 0.5) is 14.5 Å². The molecule has 2 atom stereocenters. The lowest BCUT2D eigenvalue weighted by molar-refractivity contribution is 0.0590. The molecule has 5 heteroatoms. The molecule has 1 amide bonds. The second-order valence-corrected chi connectivity index (χ2v) is 5.73. The van der Waals surface area contributed by atoms with Gasteiger partial charge in [0.2, 0.25) is 0 Å². The van der Waals surface area contributed by atoms with E-state index in [1.54, 1.807) is 23.1 Å². The number of halogens is 2. The average Bonchev–Trinajstić information content (AvgIpc) is 2.54. The molecular formula is C18H18F2N2O. The third-order valence-corrected chi connectivity index (χ3v) is 4.29. The molecule has 1 aliphatic heterocycles. The summed E-state index contributed by atoms with van der Waals surface area (Å²) in [5, 5.41) is 3.21. The van der Waals surface area contributed by atoms with Crippen molar-refractivity contribution in [3.8, 4) is 0 Å². The van der Waals surface area contributed by atoms with E-state index in [2.05, 4.69) is 5.32 Å². The van der Waals surface area contributed by atoms with Crippen LogP contribution in [0.2, 0.25) is 0 Å². The molecule has 0 aromatic heterocycles. The summed E-state index contributed by atoms with van der Waals surface area (Å²) < 4.78 is 27.5. The first-order valence-corrected chi connectivity index (χ1v) is 7.66. The molecule has 2 aromatic carbocycles. The number of anilines is 1. The standard InChI is InChI=1S/C18H18F2N2O/c1-3-11(2)22-17(13-9-8-12(19)10-15(13)20)21-16-7-5-4-6-14(16)18(22)23/h4-11,17,21H,3H2,1-2H3/t11-,17+/m1/s1. The van der Waals surface area contributed by atoms with E-state index in [1.165, 1.54) is 12.1 Å². The van der Waals surface area contributed by atoms with Crippen LogP contribution < -0.4 is 5.32 Å². The minimum Gasteiger partial charge on any atom is -0.361 e. The zero-order chi connectivity index (χ0) is 16.6. The minimum absolute atomic E-state index is 0.0854. The number of hydrogen-bond donors (Lipinski definition) is 1. The van der Waals surface area contributed by atoms with Crippen LogP contribution in [0.5, 0.6) is 0 Å². The Hall–Kier alpha value is -2.43. The van der Waals surface area contributed by atoms with E-state index >= 15 is 0 Å². The van der Waals surface area contributed by atoms with Gasteiger partial charge in [-0.05, 0) is 37.6 Å². The third-order valence-electron chi connectivity index (χ3n) is 4.29. The quantitative estimate of drug-likeness (QED) is 0.914. The highest BCUT2D eigenvalue weighted by Gasteiger charge is 2.36. The Morgan fingerprint density at radius 3 is 2.65 bits per heavy atom. The van der Waals surface area contributed by atoms with Crippen molar-refractivity contribution in [2.75, 3.05) is 5.32 Å². The van der Waals surface area contributed by atoms with E-state index in [0.29, 0.717) is 11.3 Å². The Labute approximate surface area is 133 Å². The van der Waals surface area contributed by atoms with Crippen molar-refractivity contribution in [2.24, 2.45) is 0 Å². The van der Waals surface area contributed by atoms with E-state index in [-0.39, 0.29) is 17.5 Å². The highest BCUT2D eigenvalue weighted by molar-refractivity contribution is 6.01. The topological polar surface area (TPSA) is 32.3 Å². The zero-order valence-corrected chi connectivity index (χ0v) is 13.0. The predicted molar refractivity (Wildman–Crippen MR) is 85.1 cm³/mol. The first-order chi connectivity index (χ1) is 11.0. The highest BCUT2D eigenvalue weighted by atomic mass is 19.1. The first kappa shape index (κ1) is 15.5. The third kappa shape index (κ3) is 2.67. The van der Waals surface area contributed by atoms with E-state index in [4.69, 9.17) is 0 Å². The van der Waals surface area contributed by atoms with E-state index in [0.717, 1.165) is 12.5 Å². The van der Waals surface area contributed by atoms with Gasteiger partial charge >= 0.3 is 0 Å². The largest absolute Gasteiger partial charge is 0.361 e. The van der Waals surface area contributed by atoms with Crippen molar-refractivity contribution >= 4 is 11.6 Å². The Bertz CT molecular complexity index is 748. The van der Waals surface area contributed by atoms with Crippen LogP contribution in [0.3, 0.4) is 0 Å². The van der Waals surface area contributed by atoms with Gasteiger partial charge in [0.05, 0.1) is 5.56 Å². The van der Waals surface area contributed by atoms with Gasteiger partial charge in [-0.1, -0.05) is 19.1 Å². The maximum absolute atomic E-state index is 14.3. The molecule has 3 nitrogen and oxygen atoms in total. The summed E-state index contributed by atoms with van der Waals surface area (Å²) in [7, 11) is 0. The number of carbonyl (C=O) groups excluding carboxylic acids is 1. The Kier molecular flexibility index (Phi) is 4.03. The van der Waals surface area contributed by atoms with Gasteiger partial charge in [-0.3, -0.25) is 4.79 Å². The summed E-state index contributed by atoms with van der Waals surface area (Å²) in [5.41, 5.74) is 1.48. The fraction of sp³-hybridized carbons (Fsp3) is 0.278. The maximum Gasteiger partial charge on any atom is 0.258 e. The lowest BCUT2D eigenvalue weighted by Crippen LogP contribution is -2.47. The van der Waals surface area contributed by atoms with Crippen LogP contribution in [0.15, 0.2) is 42.5 Å². The van der Waals surface area contributed by atoms with Crippen LogP contribution in [-0.4, -0.2) is 16.8 Å². The van der Waals surface area contributed by atoms with Gasteiger partial charge in [-0.15, -0.1) is 0 Å². The SMILES string of the molecule is CC[C@@H](C)N1C(=O)c2ccccc2N[C@@H]1c1ccc(F)cc1F. The van der Waals surface area contributed by atoms with Crippen molar-refractivity contribution in [1.82, 2.24) is 4.90 Å². The Morgan fingerprint density at radius 1 is 1.22 bits per heavy atom. The summed E-state index contributed by atoms with van der Waals surface area (Å²) in [6, 6.07) is 10.5. The molecule has 2 aromatic rings. The number of hydrogen-bond acceptors (Lipinski definition) is 2. The van der Waals surface area contributed by atoms with Gasteiger partial charge < -0.3 is 10.2 Å². The van der Waals surface area contributed by atoms with Crippen molar-refractivity contribution in [2.45, 2.75) is 32.5 Å². The number of nitrogens with one attached hydrogen (secondary N) is 1. The molecule has 0 saturated heterocycles. The molecule has 0 unspecified atom stereocenters. The van der Waals surface area contributed by atoms with Gasteiger partial charge in [0.25, 0.3) is 5.91 Å². The minimum atomic E-state index is -0.664. The van der Waals surface area contributed by atoms with Gasteiger partial charge in [0, 0.05) is 23.4 Å². The maximum atomic E-state index is 14.3. The van der Waals surface area contributed by atoms with Crippen LogP contribution in [0, 0.1) is 11.6 Å². The Balaban J connectivity index is 2.11. The van der Waals surface area contributed by atoms with Gasteiger partial charge in [-0.2, -0.15) is 0 Å². The monoisotopic (exact) mass is 316 g/mol. The van der Waals surface area contributed by atoms with E-state index in [9.17, 15) is 13.6 Å². The van der Waals surface area contributed by atoms with Crippen molar-refractivity contribution < 1.29 is 13.6 Å². The molecule has 3 rings (SSSR count). The highest BCUT2D eigenvalue weighted by Crippen LogP contribution is 2.35. The Morgan fingerprint density at radius 2 is 1.96 bits per heavy atom. The number of amides is 1. The molecule has 1 N–H and O–H groups in total. The number of carbonyl (C=O) groups is 1. The second kappa shape index (κ2) is 5.99. The molecule has 23 heavy (non-hydrogen) atoms. The fourth-order valence-corrected chi connectivity index (χ4v) is 2.87. The van der Waals surface area contributed by atoms with Crippen LogP contribution >= 0.6 is 0 Å². The first-order valence-electron chi connectivity index (χ1n) is 7.66. The summed E-state index contributed by atoms with van der Waals surface area (Å²) in [6.45, 7) is 3.89. The molecule has 0 spiro atoms. The van der Waals surface area contributed by atoms with Crippen LogP contribution in [0.25, 0.3) is 0 Å². The van der Waals surface area contributed by atoms with Gasteiger partial charge in [-0.25, -0.2) is 8.78 Å². The average molecular weight is 316 g/mol. The number of para-hydroxylation sites is 1. The number of rotatable bonds is 3. The van der Waals surface area contributed by atoms with Gasteiger partial charge in [0.1, 0.15) is 17.8 Å². The molecule has 0 radical (unpaired) electrons. The molecule has 0 fully saturated rings. The number of benzene rings is 2. The van der Waals surface area contributed by atoms with E-state index in [1.807, 2.05) is 19.9 Å². The summed E-state index contributed by atoms with van der Waals surface area (Å²) >= 11 is 0. The van der Waals surface area contributed by atoms with Crippen molar-refractivity contribution in [3.63, 3.8) is 0 Å². The molecule has 120 valence electrons. The van der Waals surface area contributed by atoms with Crippen LogP contribution in [-0.2, 0) is 0 Å². The normalized spacial score (nSPS) is 18.3. The number of nitrogens with zero attached hydrogens (tertiary/aromatic N) is 1. The molecule has 1 heterocycles. The summed E-state index contributed by atoms with van der Waals surface area (Å²) in [6.07, 6.45) is 0.0717. The lowest BCUT2D eigenvalue weighted by Gasteiger charge is -2.41. The smallest absolute Gasteiger partial charge is 0.258 e. The van der Waals surface area contributed by atoms with Gasteiger partial charge in [0.15, 0.2) is 0 Å². The summed E-state index contributed by atoms with van der Waals surface area (Å²) in [5.74, 6) is -1.45. The predicted octanol–water partition coefficient (Wildman–Crippen LogP) is 4.33. The fourth-order valence-electron chi connectivity index (χ4n) is 2.87. The molecule has 0 aliphatic carbocycles.